The van der Waals surface area contributed by atoms with Crippen LogP contribution in [0.5, 0.6) is 0 Å². The van der Waals surface area contributed by atoms with E-state index < -0.39 is 6.10 Å². The highest BCUT2D eigenvalue weighted by Crippen LogP contribution is 2.22. The maximum absolute atomic E-state index is 12.9. The van der Waals surface area contributed by atoms with Gasteiger partial charge in [0.25, 0.3) is 0 Å². The number of benzene rings is 1. The van der Waals surface area contributed by atoms with Gasteiger partial charge in [0.15, 0.2) is 0 Å². The van der Waals surface area contributed by atoms with Crippen LogP contribution in [0.1, 0.15) is 37.4 Å². The monoisotopic (exact) mass is 323 g/mol. The fourth-order valence-electron chi connectivity index (χ4n) is 3.35. The van der Waals surface area contributed by atoms with Gasteiger partial charge in [0.05, 0.1) is 18.3 Å². The zero-order valence-electron chi connectivity index (χ0n) is 13.5. The minimum Gasteiger partial charge on any atom is -0.387 e. The van der Waals surface area contributed by atoms with Crippen LogP contribution in [0.25, 0.3) is 0 Å². The van der Waals surface area contributed by atoms with Gasteiger partial charge in [-0.2, -0.15) is 0 Å². The second-order valence-corrected chi connectivity index (χ2v) is 6.52. The van der Waals surface area contributed by atoms with Crippen LogP contribution in [-0.2, 0) is 9.47 Å². The van der Waals surface area contributed by atoms with Gasteiger partial charge in [0.1, 0.15) is 5.82 Å². The molecule has 1 N–H and O–H groups in total. The number of aliphatic hydroxyl groups excluding tert-OH is 1. The molecule has 23 heavy (non-hydrogen) atoms. The number of halogens is 1. The molecule has 0 bridgehead atoms. The summed E-state index contributed by atoms with van der Waals surface area (Å²) in [6.45, 7) is 4.09. The highest BCUT2D eigenvalue weighted by molar-refractivity contribution is 5.18. The van der Waals surface area contributed by atoms with Crippen LogP contribution in [0.15, 0.2) is 24.3 Å². The van der Waals surface area contributed by atoms with Gasteiger partial charge in [-0.05, 0) is 43.4 Å². The van der Waals surface area contributed by atoms with E-state index in [0.717, 1.165) is 57.6 Å². The lowest BCUT2D eigenvalue weighted by atomic mass is 10.0. The Morgan fingerprint density at radius 1 is 1.09 bits per heavy atom. The van der Waals surface area contributed by atoms with Gasteiger partial charge in [-0.25, -0.2) is 4.39 Å². The molecule has 0 radical (unpaired) electrons. The summed E-state index contributed by atoms with van der Waals surface area (Å²) >= 11 is 0. The summed E-state index contributed by atoms with van der Waals surface area (Å²) in [5.41, 5.74) is 0.770. The van der Waals surface area contributed by atoms with Gasteiger partial charge in [-0.15, -0.1) is 0 Å². The third kappa shape index (κ3) is 4.98. The maximum atomic E-state index is 12.9. The molecule has 2 saturated heterocycles. The number of hydrogen-bond donors (Lipinski definition) is 1. The van der Waals surface area contributed by atoms with Gasteiger partial charge in [-0.3, -0.25) is 0 Å². The summed E-state index contributed by atoms with van der Waals surface area (Å²) in [5.74, 6) is -0.271. The van der Waals surface area contributed by atoms with E-state index in [1.54, 1.807) is 12.1 Å². The van der Waals surface area contributed by atoms with E-state index >= 15 is 0 Å². The second kappa shape index (κ2) is 8.20. The molecule has 4 nitrogen and oxygen atoms in total. The first kappa shape index (κ1) is 16.8. The van der Waals surface area contributed by atoms with Gasteiger partial charge in [-0.1, -0.05) is 12.1 Å². The summed E-state index contributed by atoms with van der Waals surface area (Å²) in [5, 5.41) is 10.3. The van der Waals surface area contributed by atoms with Crippen molar-refractivity contribution in [1.29, 1.82) is 0 Å². The highest BCUT2D eigenvalue weighted by Gasteiger charge is 2.25. The van der Waals surface area contributed by atoms with Crippen LogP contribution >= 0.6 is 0 Å². The van der Waals surface area contributed by atoms with Crippen molar-refractivity contribution in [3.63, 3.8) is 0 Å². The fourth-order valence-corrected chi connectivity index (χ4v) is 3.35. The summed E-state index contributed by atoms with van der Waals surface area (Å²) in [6, 6.07) is 6.10. The van der Waals surface area contributed by atoms with Crippen LogP contribution in [-0.4, -0.2) is 55.1 Å². The first-order valence-corrected chi connectivity index (χ1v) is 8.60. The predicted octanol–water partition coefficient (Wildman–Crippen LogP) is 2.52. The van der Waals surface area contributed by atoms with Crippen molar-refractivity contribution in [2.24, 2.45) is 0 Å². The average Bonchev–Trinajstić information content (AvgIpc) is 2.58. The van der Waals surface area contributed by atoms with Gasteiger partial charge in [0.2, 0.25) is 0 Å². The van der Waals surface area contributed by atoms with Crippen molar-refractivity contribution in [3.8, 4) is 0 Å². The summed E-state index contributed by atoms with van der Waals surface area (Å²) in [6.07, 6.45) is 4.14. The number of ether oxygens (including phenoxy) is 2. The molecule has 1 aromatic carbocycles. The van der Waals surface area contributed by atoms with Crippen molar-refractivity contribution in [2.45, 2.75) is 44.0 Å². The molecule has 1 unspecified atom stereocenters. The van der Waals surface area contributed by atoms with Crippen molar-refractivity contribution in [2.75, 3.05) is 32.8 Å². The lowest BCUT2D eigenvalue weighted by molar-refractivity contribution is -0.0864. The smallest absolute Gasteiger partial charge is 0.123 e. The van der Waals surface area contributed by atoms with E-state index in [9.17, 15) is 9.50 Å². The Bertz CT molecular complexity index is 468. The third-order valence-corrected chi connectivity index (χ3v) is 4.77. The average molecular weight is 323 g/mol. The quantitative estimate of drug-likeness (QED) is 0.904. The molecule has 3 rings (SSSR count). The third-order valence-electron chi connectivity index (χ3n) is 4.77. The number of rotatable bonds is 5. The minimum atomic E-state index is -0.566. The Morgan fingerprint density at radius 2 is 1.70 bits per heavy atom. The number of hydrogen-bond acceptors (Lipinski definition) is 4. The number of β-amino-alcohol motifs (C(OH)–C–C–N with tert-alkyl or cyclic N) is 1. The van der Waals surface area contributed by atoms with Crippen molar-refractivity contribution < 1.29 is 19.0 Å². The number of aliphatic hydroxyl groups is 1. The molecule has 128 valence electrons. The number of piperidine rings is 1. The Morgan fingerprint density at radius 3 is 2.35 bits per heavy atom. The van der Waals surface area contributed by atoms with Crippen molar-refractivity contribution >= 4 is 0 Å². The topological polar surface area (TPSA) is 41.9 Å². The zero-order valence-corrected chi connectivity index (χ0v) is 13.5. The molecule has 2 fully saturated rings. The lowest BCUT2D eigenvalue weighted by Gasteiger charge is -2.35. The van der Waals surface area contributed by atoms with Crippen molar-refractivity contribution in [3.05, 3.63) is 35.6 Å². The Labute approximate surface area is 137 Å². The van der Waals surface area contributed by atoms with E-state index in [1.165, 1.54) is 12.1 Å². The highest BCUT2D eigenvalue weighted by atomic mass is 19.1. The molecule has 2 aliphatic heterocycles. The molecule has 1 atom stereocenters. The molecular weight excluding hydrogens is 297 g/mol. The van der Waals surface area contributed by atoms with Crippen LogP contribution in [0.3, 0.4) is 0 Å². The number of nitrogens with zero attached hydrogens (tertiary/aromatic N) is 1. The molecule has 1 aromatic rings. The first-order valence-electron chi connectivity index (χ1n) is 8.60. The van der Waals surface area contributed by atoms with E-state index in [1.807, 2.05) is 0 Å². The van der Waals surface area contributed by atoms with Crippen LogP contribution < -0.4 is 0 Å². The SMILES string of the molecule is OC(CN1CCC(OC2CCOCC2)CC1)c1ccc(F)cc1. The fraction of sp³-hybridized carbons (Fsp3) is 0.667. The van der Waals surface area contributed by atoms with E-state index in [-0.39, 0.29) is 5.82 Å². The molecular formula is C18H26FNO3. The van der Waals surface area contributed by atoms with Gasteiger partial charge >= 0.3 is 0 Å². The summed E-state index contributed by atoms with van der Waals surface area (Å²) < 4.78 is 24.5. The molecule has 2 aliphatic rings. The summed E-state index contributed by atoms with van der Waals surface area (Å²) in [7, 11) is 0. The van der Waals surface area contributed by atoms with E-state index in [0.29, 0.717) is 18.8 Å². The molecule has 2 heterocycles. The molecule has 0 saturated carbocycles. The Balaban J connectivity index is 1.40. The van der Waals surface area contributed by atoms with Crippen LogP contribution in [0, 0.1) is 5.82 Å². The minimum absolute atomic E-state index is 0.271. The number of likely N-dealkylation sites (tertiary alicyclic amines) is 1. The largest absolute Gasteiger partial charge is 0.387 e. The lowest BCUT2D eigenvalue weighted by Crippen LogP contribution is -2.41. The van der Waals surface area contributed by atoms with Crippen LogP contribution in [0.2, 0.25) is 0 Å². The van der Waals surface area contributed by atoms with Crippen LogP contribution in [0.4, 0.5) is 4.39 Å². The van der Waals surface area contributed by atoms with E-state index in [4.69, 9.17) is 9.47 Å². The molecule has 0 aliphatic carbocycles. The van der Waals surface area contributed by atoms with Crippen molar-refractivity contribution in [1.82, 2.24) is 4.90 Å². The molecule has 0 amide bonds. The zero-order chi connectivity index (χ0) is 16.1. The first-order chi connectivity index (χ1) is 11.2. The van der Waals surface area contributed by atoms with Gasteiger partial charge in [0, 0.05) is 32.8 Å². The normalized spacial score (nSPS) is 23.0. The predicted molar refractivity (Wildman–Crippen MR) is 85.7 cm³/mol. The second-order valence-electron chi connectivity index (χ2n) is 6.52. The standard InChI is InChI=1S/C18H26FNO3/c19-15-3-1-14(2-4-15)18(21)13-20-9-5-16(6-10-20)23-17-7-11-22-12-8-17/h1-4,16-18,21H,5-13H2. The van der Waals surface area contributed by atoms with E-state index in [2.05, 4.69) is 4.90 Å². The Kier molecular flexibility index (Phi) is 6.00. The maximum Gasteiger partial charge on any atom is 0.123 e. The molecule has 0 aromatic heterocycles. The molecule has 0 spiro atoms. The van der Waals surface area contributed by atoms with Gasteiger partial charge < -0.3 is 19.5 Å². The molecule has 5 heteroatoms. The summed E-state index contributed by atoms with van der Waals surface area (Å²) in [4.78, 5) is 2.26. The Hall–Kier alpha value is -1.01.